The van der Waals surface area contributed by atoms with Crippen molar-refractivity contribution in [1.29, 1.82) is 0 Å². The van der Waals surface area contributed by atoms with Crippen molar-refractivity contribution in [3.63, 3.8) is 0 Å². The Hall–Kier alpha value is -1.55. The molecule has 17 heavy (non-hydrogen) atoms. The number of benzene rings is 1. The van der Waals surface area contributed by atoms with Gasteiger partial charge in [0.1, 0.15) is 5.75 Å². The largest absolute Gasteiger partial charge is 0.483 e. The van der Waals surface area contributed by atoms with Gasteiger partial charge >= 0.3 is 0 Å². The van der Waals surface area contributed by atoms with Crippen LogP contribution in [-0.4, -0.2) is 26.1 Å². The van der Waals surface area contributed by atoms with Gasteiger partial charge in [-0.2, -0.15) is 0 Å². The fraction of sp³-hybridized carbons (Fsp3) is 0.462. The van der Waals surface area contributed by atoms with Gasteiger partial charge in [-0.15, -0.1) is 0 Å². The Kier molecular flexibility index (Phi) is 5.49. The highest BCUT2D eigenvalue weighted by molar-refractivity contribution is 5.77. The molecular formula is C13H20N2O2. The van der Waals surface area contributed by atoms with Gasteiger partial charge in [-0.3, -0.25) is 4.79 Å². The van der Waals surface area contributed by atoms with E-state index in [0.29, 0.717) is 0 Å². The molecule has 0 radical (unpaired) electrons. The number of rotatable bonds is 6. The molecule has 1 aromatic carbocycles. The van der Waals surface area contributed by atoms with Crippen molar-refractivity contribution in [3.8, 4) is 5.75 Å². The molecule has 0 heterocycles. The smallest absolute Gasteiger partial charge is 0.257 e. The quantitative estimate of drug-likeness (QED) is 0.786. The summed E-state index contributed by atoms with van der Waals surface area (Å²) in [5, 5.41) is 5.85. The number of carbonyl (C=O) groups is 1. The highest BCUT2D eigenvalue weighted by atomic mass is 16.5. The second kappa shape index (κ2) is 6.91. The first-order chi connectivity index (χ1) is 8.19. The number of nitrogens with one attached hydrogen (secondary N) is 2. The monoisotopic (exact) mass is 236 g/mol. The van der Waals surface area contributed by atoms with Crippen LogP contribution in [0.4, 0.5) is 0 Å². The Morgan fingerprint density at radius 2 is 2.12 bits per heavy atom. The lowest BCUT2D eigenvalue weighted by atomic mass is 10.1. The molecule has 0 spiro atoms. The van der Waals surface area contributed by atoms with Crippen molar-refractivity contribution >= 4 is 5.91 Å². The maximum absolute atomic E-state index is 11.1. The molecule has 94 valence electrons. The summed E-state index contributed by atoms with van der Waals surface area (Å²) in [7, 11) is 1.60. The zero-order chi connectivity index (χ0) is 12.7. The minimum Gasteiger partial charge on any atom is -0.483 e. The summed E-state index contributed by atoms with van der Waals surface area (Å²) >= 11 is 0. The molecule has 1 atom stereocenters. The third-order valence-electron chi connectivity index (χ3n) is 2.53. The van der Waals surface area contributed by atoms with E-state index < -0.39 is 0 Å². The first-order valence-corrected chi connectivity index (χ1v) is 5.84. The summed E-state index contributed by atoms with van der Waals surface area (Å²) in [6.07, 6.45) is 0. The predicted octanol–water partition coefficient (Wildman–Crippen LogP) is 1.48. The van der Waals surface area contributed by atoms with Crippen LogP contribution in [0.2, 0.25) is 0 Å². The van der Waals surface area contributed by atoms with Crippen molar-refractivity contribution in [2.45, 2.75) is 19.9 Å². The highest BCUT2D eigenvalue weighted by Crippen LogP contribution is 2.24. The Labute approximate surface area is 102 Å². The predicted molar refractivity (Wildman–Crippen MR) is 68.1 cm³/mol. The lowest BCUT2D eigenvalue weighted by Crippen LogP contribution is -2.25. The van der Waals surface area contributed by atoms with Crippen LogP contribution in [0.25, 0.3) is 0 Å². The molecule has 0 saturated carbocycles. The van der Waals surface area contributed by atoms with Crippen LogP contribution >= 0.6 is 0 Å². The number of hydrogen-bond donors (Lipinski definition) is 2. The van der Waals surface area contributed by atoms with Crippen LogP contribution in [0, 0.1) is 0 Å². The van der Waals surface area contributed by atoms with E-state index in [-0.39, 0.29) is 18.6 Å². The van der Waals surface area contributed by atoms with Crippen molar-refractivity contribution in [3.05, 3.63) is 29.8 Å². The van der Waals surface area contributed by atoms with Gasteiger partial charge in [-0.25, -0.2) is 0 Å². The maximum atomic E-state index is 11.1. The van der Waals surface area contributed by atoms with Gasteiger partial charge < -0.3 is 15.4 Å². The van der Waals surface area contributed by atoms with Crippen molar-refractivity contribution < 1.29 is 9.53 Å². The van der Waals surface area contributed by atoms with Crippen LogP contribution in [0.3, 0.4) is 0 Å². The second-order valence-electron chi connectivity index (χ2n) is 3.78. The Morgan fingerprint density at radius 1 is 1.41 bits per heavy atom. The lowest BCUT2D eigenvalue weighted by molar-refractivity contribution is -0.122. The van der Waals surface area contributed by atoms with Gasteiger partial charge in [0, 0.05) is 18.7 Å². The highest BCUT2D eigenvalue weighted by Gasteiger charge is 2.10. The average Bonchev–Trinajstić information content (AvgIpc) is 2.36. The molecule has 1 aromatic rings. The standard InChI is InChI=1S/C13H20N2O2/c1-4-15-10(2)11-7-5-6-8-12(11)17-9-13(16)14-3/h5-8,10,15H,4,9H2,1-3H3,(H,14,16). The van der Waals surface area contributed by atoms with Crippen molar-refractivity contribution in [1.82, 2.24) is 10.6 Å². The maximum Gasteiger partial charge on any atom is 0.257 e. The zero-order valence-corrected chi connectivity index (χ0v) is 10.6. The molecule has 0 bridgehead atoms. The molecule has 0 aliphatic rings. The lowest BCUT2D eigenvalue weighted by Gasteiger charge is -2.17. The number of amides is 1. The first-order valence-electron chi connectivity index (χ1n) is 5.84. The average molecular weight is 236 g/mol. The Balaban J connectivity index is 2.73. The van der Waals surface area contributed by atoms with Gasteiger partial charge in [-0.05, 0) is 19.5 Å². The number of carbonyl (C=O) groups excluding carboxylic acids is 1. The first kappa shape index (κ1) is 13.5. The van der Waals surface area contributed by atoms with Crippen LogP contribution < -0.4 is 15.4 Å². The summed E-state index contributed by atoms with van der Waals surface area (Å²) in [4.78, 5) is 11.1. The van der Waals surface area contributed by atoms with Crippen molar-refractivity contribution in [2.24, 2.45) is 0 Å². The molecule has 0 fully saturated rings. The fourth-order valence-electron chi connectivity index (χ4n) is 1.60. The van der Waals surface area contributed by atoms with Crippen LogP contribution in [-0.2, 0) is 4.79 Å². The number of ether oxygens (including phenoxy) is 1. The van der Waals surface area contributed by atoms with Crippen molar-refractivity contribution in [2.75, 3.05) is 20.2 Å². The van der Waals surface area contributed by atoms with E-state index >= 15 is 0 Å². The fourth-order valence-corrected chi connectivity index (χ4v) is 1.60. The summed E-state index contributed by atoms with van der Waals surface area (Å²) < 4.78 is 5.51. The minimum absolute atomic E-state index is 0.0480. The summed E-state index contributed by atoms with van der Waals surface area (Å²) in [5.74, 6) is 0.625. The van der Waals surface area contributed by atoms with Gasteiger partial charge in [0.05, 0.1) is 0 Å². The molecule has 1 rings (SSSR count). The summed E-state index contributed by atoms with van der Waals surface area (Å²) in [6.45, 7) is 5.08. The number of para-hydroxylation sites is 1. The van der Waals surface area contributed by atoms with Crippen LogP contribution in [0.15, 0.2) is 24.3 Å². The van der Waals surface area contributed by atoms with Gasteiger partial charge in [0.25, 0.3) is 5.91 Å². The molecule has 4 nitrogen and oxygen atoms in total. The van der Waals surface area contributed by atoms with E-state index in [0.717, 1.165) is 17.9 Å². The normalized spacial score (nSPS) is 11.9. The van der Waals surface area contributed by atoms with Gasteiger partial charge in [-0.1, -0.05) is 25.1 Å². The van der Waals surface area contributed by atoms with Crippen LogP contribution in [0.5, 0.6) is 5.75 Å². The molecular weight excluding hydrogens is 216 g/mol. The van der Waals surface area contributed by atoms with E-state index in [4.69, 9.17) is 4.74 Å². The van der Waals surface area contributed by atoms with Crippen LogP contribution in [0.1, 0.15) is 25.5 Å². The molecule has 1 unspecified atom stereocenters. The van der Waals surface area contributed by atoms with Gasteiger partial charge in [0.15, 0.2) is 6.61 Å². The number of hydrogen-bond acceptors (Lipinski definition) is 3. The number of likely N-dealkylation sites (N-methyl/N-ethyl adjacent to an activating group) is 1. The molecule has 0 aromatic heterocycles. The third-order valence-corrected chi connectivity index (χ3v) is 2.53. The topological polar surface area (TPSA) is 50.4 Å². The molecule has 0 aliphatic heterocycles. The molecule has 4 heteroatoms. The Bertz CT molecular complexity index is 366. The molecule has 1 amide bonds. The Morgan fingerprint density at radius 3 is 2.76 bits per heavy atom. The molecule has 0 aliphatic carbocycles. The van der Waals surface area contributed by atoms with E-state index in [2.05, 4.69) is 24.5 Å². The second-order valence-corrected chi connectivity index (χ2v) is 3.78. The van der Waals surface area contributed by atoms with E-state index in [1.54, 1.807) is 7.05 Å². The third kappa shape index (κ3) is 4.07. The van der Waals surface area contributed by atoms with E-state index in [1.165, 1.54) is 0 Å². The molecule has 2 N–H and O–H groups in total. The van der Waals surface area contributed by atoms with Gasteiger partial charge in [0.2, 0.25) is 0 Å². The summed E-state index contributed by atoms with van der Waals surface area (Å²) in [6, 6.07) is 7.97. The zero-order valence-electron chi connectivity index (χ0n) is 10.6. The minimum atomic E-state index is -0.129. The summed E-state index contributed by atoms with van der Waals surface area (Å²) in [5.41, 5.74) is 1.07. The molecule has 0 saturated heterocycles. The SMILES string of the molecule is CCNC(C)c1ccccc1OCC(=O)NC. The van der Waals surface area contributed by atoms with E-state index in [1.807, 2.05) is 24.3 Å². The van der Waals surface area contributed by atoms with E-state index in [9.17, 15) is 4.79 Å².